The van der Waals surface area contributed by atoms with Gasteiger partial charge in [-0.25, -0.2) is 9.59 Å². The largest absolute Gasteiger partial charge is 0.464 e. The van der Waals surface area contributed by atoms with Gasteiger partial charge in [-0.15, -0.1) is 0 Å². The van der Waals surface area contributed by atoms with Gasteiger partial charge in [0.15, 0.2) is 0 Å². The Kier molecular flexibility index (Phi) is 21.3. The monoisotopic (exact) mass is 600 g/mol. The van der Waals surface area contributed by atoms with E-state index in [9.17, 15) is 19.2 Å². The van der Waals surface area contributed by atoms with Gasteiger partial charge in [-0.1, -0.05) is 40.5 Å². The summed E-state index contributed by atoms with van der Waals surface area (Å²) in [6, 6.07) is 0. The van der Waals surface area contributed by atoms with Crippen LogP contribution in [0.4, 0.5) is 9.59 Å². The van der Waals surface area contributed by atoms with Crippen molar-refractivity contribution >= 4 is 24.1 Å². The molecule has 2 amide bonds. The first-order valence-corrected chi connectivity index (χ1v) is 16.0. The number of carbonyl (C=O) groups excluding carboxylic acids is 4. The van der Waals surface area contributed by atoms with Crippen molar-refractivity contribution in [1.82, 2.24) is 20.4 Å². The maximum atomic E-state index is 12.3. The minimum atomic E-state index is -0.501. The summed E-state index contributed by atoms with van der Waals surface area (Å²) < 4.78 is 21.2. The van der Waals surface area contributed by atoms with Crippen LogP contribution in [0.2, 0.25) is 0 Å². The van der Waals surface area contributed by atoms with E-state index in [0.29, 0.717) is 13.1 Å². The first-order chi connectivity index (χ1) is 20.3. The number of likely N-dealkylation sites (tertiary alicyclic amines) is 1. The number of nitrogens with one attached hydrogen (secondary N) is 2. The topological polar surface area (TPSA) is 136 Å². The molecule has 0 aromatic carbocycles. The lowest BCUT2D eigenvalue weighted by Crippen LogP contribution is -2.37. The van der Waals surface area contributed by atoms with E-state index in [1.54, 1.807) is 0 Å². The second-order valence-electron chi connectivity index (χ2n) is 10.6. The van der Waals surface area contributed by atoms with E-state index in [1.807, 2.05) is 27.7 Å². The molecule has 0 saturated carbocycles. The van der Waals surface area contributed by atoms with E-state index < -0.39 is 12.2 Å². The van der Waals surface area contributed by atoms with E-state index in [0.717, 1.165) is 64.7 Å². The molecule has 1 rings (SSSR count). The van der Waals surface area contributed by atoms with Gasteiger partial charge in [0.05, 0.1) is 25.9 Å². The number of amides is 2. The molecule has 1 aliphatic heterocycles. The van der Waals surface area contributed by atoms with Crippen molar-refractivity contribution in [3.8, 4) is 0 Å². The molecule has 244 valence electrons. The molecule has 1 saturated heterocycles. The Hall–Kier alpha value is -2.60. The number of alkyl carbamates (subject to hydrolysis) is 2. The van der Waals surface area contributed by atoms with E-state index in [1.165, 1.54) is 12.8 Å². The molecule has 1 fully saturated rings. The zero-order valence-corrected chi connectivity index (χ0v) is 26.5. The molecule has 12 nitrogen and oxygen atoms in total. The predicted molar refractivity (Wildman–Crippen MR) is 160 cm³/mol. The third kappa shape index (κ3) is 18.8. The van der Waals surface area contributed by atoms with E-state index in [2.05, 4.69) is 20.4 Å². The molecule has 2 unspecified atom stereocenters. The van der Waals surface area contributed by atoms with Gasteiger partial charge in [-0.05, 0) is 51.6 Å². The zero-order chi connectivity index (χ0) is 31.0. The zero-order valence-electron chi connectivity index (χ0n) is 26.5. The number of nitrogens with zero attached hydrogens (tertiary/aromatic N) is 2. The van der Waals surface area contributed by atoms with Crippen LogP contribution in [0, 0.1) is 0 Å². The molecule has 2 N–H and O–H groups in total. The van der Waals surface area contributed by atoms with Crippen molar-refractivity contribution in [3.05, 3.63) is 0 Å². The van der Waals surface area contributed by atoms with Crippen molar-refractivity contribution in [2.24, 2.45) is 0 Å². The number of esters is 2. The fourth-order valence-corrected chi connectivity index (χ4v) is 4.63. The van der Waals surface area contributed by atoms with Crippen LogP contribution < -0.4 is 10.6 Å². The molecule has 0 spiro atoms. The van der Waals surface area contributed by atoms with Crippen LogP contribution in [0.15, 0.2) is 0 Å². The molecule has 0 aromatic rings. The number of ether oxygens (including phenoxy) is 4. The van der Waals surface area contributed by atoms with E-state index >= 15 is 0 Å². The molecule has 0 radical (unpaired) electrons. The maximum absolute atomic E-state index is 12.3. The standard InChI is InChI=1S/C30H56N4O8/c1-5-11-25(7-3)41-29(37)31-15-23-39-27(35)13-19-34(22-21-33-17-9-10-18-33)20-14-28(36)40-24-16-32-30(38)42-26(8-4)12-6-2/h25-26H,5-24H2,1-4H3,(H,31,37)(H,32,38). The summed E-state index contributed by atoms with van der Waals surface area (Å²) in [6.07, 6.45) is 6.55. The Morgan fingerprint density at radius 3 is 1.57 bits per heavy atom. The highest BCUT2D eigenvalue weighted by molar-refractivity contribution is 5.70. The Morgan fingerprint density at radius 1 is 0.714 bits per heavy atom. The van der Waals surface area contributed by atoms with Crippen molar-refractivity contribution in [2.75, 3.05) is 65.6 Å². The van der Waals surface area contributed by atoms with Crippen molar-refractivity contribution < 1.29 is 38.1 Å². The summed E-state index contributed by atoms with van der Waals surface area (Å²) in [5.41, 5.74) is 0. The van der Waals surface area contributed by atoms with Crippen LogP contribution in [0.1, 0.15) is 91.9 Å². The van der Waals surface area contributed by atoms with Crippen LogP contribution in [-0.4, -0.2) is 112 Å². The molecule has 42 heavy (non-hydrogen) atoms. The molecule has 1 aliphatic rings. The van der Waals surface area contributed by atoms with Gasteiger partial charge in [0, 0.05) is 26.2 Å². The first kappa shape index (κ1) is 37.4. The lowest BCUT2D eigenvalue weighted by Gasteiger charge is -2.24. The number of hydrogen-bond donors (Lipinski definition) is 2. The first-order valence-electron chi connectivity index (χ1n) is 16.0. The third-order valence-corrected chi connectivity index (χ3v) is 7.14. The Labute approximate surface area is 252 Å². The summed E-state index contributed by atoms with van der Waals surface area (Å²) in [5, 5.41) is 5.23. The Bertz CT molecular complexity index is 712. The van der Waals surface area contributed by atoms with Crippen molar-refractivity contribution in [3.63, 3.8) is 0 Å². The average Bonchev–Trinajstić information content (AvgIpc) is 3.50. The molecule has 1 heterocycles. The quantitative estimate of drug-likeness (QED) is 0.101. The van der Waals surface area contributed by atoms with Gasteiger partial charge in [0.2, 0.25) is 0 Å². The third-order valence-electron chi connectivity index (χ3n) is 7.14. The lowest BCUT2D eigenvalue weighted by atomic mass is 10.2. The van der Waals surface area contributed by atoms with Crippen LogP contribution in [-0.2, 0) is 28.5 Å². The summed E-state index contributed by atoms with van der Waals surface area (Å²) in [5.74, 6) is -0.725. The van der Waals surface area contributed by atoms with Gasteiger partial charge in [-0.2, -0.15) is 0 Å². The van der Waals surface area contributed by atoms with Crippen LogP contribution in [0.25, 0.3) is 0 Å². The van der Waals surface area contributed by atoms with E-state index in [-0.39, 0.29) is 63.3 Å². The highest BCUT2D eigenvalue weighted by atomic mass is 16.6. The van der Waals surface area contributed by atoms with Crippen LogP contribution in [0.3, 0.4) is 0 Å². The smallest absolute Gasteiger partial charge is 0.407 e. The predicted octanol–water partition coefficient (Wildman–Crippen LogP) is 3.86. The summed E-state index contributed by atoms with van der Waals surface area (Å²) >= 11 is 0. The number of rotatable bonds is 23. The highest BCUT2D eigenvalue weighted by Crippen LogP contribution is 2.09. The average molecular weight is 601 g/mol. The van der Waals surface area contributed by atoms with E-state index in [4.69, 9.17) is 18.9 Å². The Balaban J connectivity index is 2.33. The van der Waals surface area contributed by atoms with Crippen molar-refractivity contribution in [1.29, 1.82) is 0 Å². The Morgan fingerprint density at radius 2 is 1.17 bits per heavy atom. The molecule has 0 bridgehead atoms. The van der Waals surface area contributed by atoms with Gasteiger partial charge in [0.25, 0.3) is 0 Å². The molecule has 0 aromatic heterocycles. The normalized spacial score (nSPS) is 14.7. The molecule has 2 atom stereocenters. The minimum absolute atomic E-state index is 0.0674. The van der Waals surface area contributed by atoms with Crippen molar-refractivity contribution in [2.45, 2.75) is 104 Å². The molecular weight excluding hydrogens is 544 g/mol. The summed E-state index contributed by atoms with van der Waals surface area (Å²) in [7, 11) is 0. The van der Waals surface area contributed by atoms with Gasteiger partial charge >= 0.3 is 24.1 Å². The van der Waals surface area contributed by atoms with Gasteiger partial charge in [-0.3, -0.25) is 9.59 Å². The second kappa shape index (κ2) is 23.9. The van der Waals surface area contributed by atoms with Gasteiger partial charge < -0.3 is 39.4 Å². The molecule has 12 heteroatoms. The highest BCUT2D eigenvalue weighted by Gasteiger charge is 2.17. The molecular formula is C30H56N4O8. The van der Waals surface area contributed by atoms with Gasteiger partial charge in [0.1, 0.15) is 25.4 Å². The lowest BCUT2D eigenvalue weighted by molar-refractivity contribution is -0.144. The fraction of sp³-hybridized carbons (Fsp3) is 0.867. The second-order valence-corrected chi connectivity index (χ2v) is 10.6. The SMILES string of the molecule is CCCC(CC)OC(=O)NCCOC(=O)CCN(CCC(=O)OCCNC(=O)OC(CC)CCC)CCN1CCCC1. The van der Waals surface area contributed by atoms with Crippen LogP contribution >= 0.6 is 0 Å². The maximum Gasteiger partial charge on any atom is 0.407 e. The summed E-state index contributed by atoms with van der Waals surface area (Å²) in [4.78, 5) is 52.9. The number of hydrogen-bond acceptors (Lipinski definition) is 10. The minimum Gasteiger partial charge on any atom is -0.464 e. The number of carbonyl (C=O) groups is 4. The molecule has 0 aliphatic carbocycles. The fourth-order valence-electron chi connectivity index (χ4n) is 4.63. The summed E-state index contributed by atoms with van der Waals surface area (Å²) in [6.45, 7) is 13.2. The van der Waals surface area contributed by atoms with Crippen LogP contribution in [0.5, 0.6) is 0 Å².